The van der Waals surface area contributed by atoms with Crippen LogP contribution in [-0.2, 0) is 26.5 Å². The maximum absolute atomic E-state index is 12.3. The Morgan fingerprint density at radius 3 is 2.03 bits per heavy atom. The molecule has 1 aliphatic carbocycles. The molecular weight excluding hydrogens is 468 g/mol. The molecule has 2 aromatic carbocycles. The van der Waals surface area contributed by atoms with Gasteiger partial charge in [-0.05, 0) is 87.0 Å². The van der Waals surface area contributed by atoms with Gasteiger partial charge in [-0.15, -0.1) is 0 Å². The van der Waals surface area contributed by atoms with Gasteiger partial charge in [0.1, 0.15) is 0 Å². The van der Waals surface area contributed by atoms with Crippen LogP contribution >= 0.6 is 0 Å². The van der Waals surface area contributed by atoms with Crippen LogP contribution in [0.2, 0.25) is 0 Å². The van der Waals surface area contributed by atoms with Crippen LogP contribution < -0.4 is 9.44 Å². The van der Waals surface area contributed by atoms with E-state index in [1.54, 1.807) is 44.2 Å². The summed E-state index contributed by atoms with van der Waals surface area (Å²) in [5.41, 5.74) is 2.44. The molecule has 0 aliphatic heterocycles. The summed E-state index contributed by atoms with van der Waals surface area (Å²) in [4.78, 5) is 0.285. The third kappa shape index (κ3) is 7.38. The fourth-order valence-corrected chi connectivity index (χ4v) is 6.45. The van der Waals surface area contributed by atoms with Crippen molar-refractivity contribution in [2.24, 2.45) is 11.8 Å². The second kappa shape index (κ2) is 11.8. The first kappa shape index (κ1) is 26.9. The molecule has 0 spiro atoms. The summed E-state index contributed by atoms with van der Waals surface area (Å²) in [6, 6.07) is 17.0. The Hall–Kier alpha value is -1.74. The summed E-state index contributed by atoms with van der Waals surface area (Å²) in [6.07, 6.45) is 5.09. The number of rotatable bonds is 11. The maximum atomic E-state index is 12.3. The molecule has 1 atom stereocenters. The highest BCUT2D eigenvalue weighted by atomic mass is 32.2. The number of nitrogens with one attached hydrogen (secondary N) is 2. The van der Waals surface area contributed by atoms with Crippen LogP contribution in [0, 0.1) is 11.8 Å². The van der Waals surface area contributed by atoms with Crippen LogP contribution in [0.1, 0.15) is 63.5 Å². The van der Waals surface area contributed by atoms with Gasteiger partial charge in [-0.1, -0.05) is 49.4 Å². The van der Waals surface area contributed by atoms with E-state index >= 15 is 0 Å². The van der Waals surface area contributed by atoms with E-state index in [9.17, 15) is 16.8 Å². The van der Waals surface area contributed by atoms with Gasteiger partial charge < -0.3 is 0 Å². The first-order valence-corrected chi connectivity index (χ1v) is 15.2. The average molecular weight is 507 g/mol. The fourth-order valence-electron chi connectivity index (χ4n) is 4.57. The SMILES string of the molecule is CC(CNS(=O)(=O)C(C)C)C1CCC(c2ccc(CCNS(=O)(=O)c3ccccc3)cc2)CC1. The Kier molecular flexibility index (Phi) is 9.32. The molecule has 2 N–H and O–H groups in total. The van der Waals surface area contributed by atoms with Crippen molar-refractivity contribution < 1.29 is 16.8 Å². The van der Waals surface area contributed by atoms with E-state index < -0.39 is 25.3 Å². The summed E-state index contributed by atoms with van der Waals surface area (Å²) in [5.74, 6) is 1.40. The Bertz CT molecular complexity index is 1110. The van der Waals surface area contributed by atoms with Gasteiger partial charge in [0.2, 0.25) is 20.0 Å². The number of hydrogen-bond acceptors (Lipinski definition) is 4. The van der Waals surface area contributed by atoms with Crippen LogP contribution in [0.3, 0.4) is 0 Å². The van der Waals surface area contributed by atoms with Crippen LogP contribution in [0.15, 0.2) is 59.5 Å². The maximum Gasteiger partial charge on any atom is 0.240 e. The summed E-state index contributed by atoms with van der Waals surface area (Å²) in [6.45, 7) is 6.42. The molecule has 6 nitrogen and oxygen atoms in total. The van der Waals surface area contributed by atoms with Gasteiger partial charge in [0.15, 0.2) is 0 Å². The molecule has 0 radical (unpaired) electrons. The number of sulfonamides is 2. The lowest BCUT2D eigenvalue weighted by Gasteiger charge is -2.32. The van der Waals surface area contributed by atoms with Crippen LogP contribution in [0.5, 0.6) is 0 Å². The highest BCUT2D eigenvalue weighted by molar-refractivity contribution is 7.90. The highest BCUT2D eigenvalue weighted by Gasteiger charge is 2.27. The molecule has 1 saturated carbocycles. The molecule has 0 heterocycles. The summed E-state index contributed by atoms with van der Waals surface area (Å²) in [5, 5.41) is -0.401. The lowest BCUT2D eigenvalue weighted by Crippen LogP contribution is -2.36. The van der Waals surface area contributed by atoms with E-state index in [0.717, 1.165) is 31.2 Å². The van der Waals surface area contributed by atoms with E-state index in [-0.39, 0.29) is 4.90 Å². The molecule has 34 heavy (non-hydrogen) atoms. The number of benzene rings is 2. The molecule has 188 valence electrons. The zero-order valence-electron chi connectivity index (χ0n) is 20.4. The summed E-state index contributed by atoms with van der Waals surface area (Å²) >= 11 is 0. The minimum absolute atomic E-state index is 0.285. The molecule has 1 unspecified atom stereocenters. The lowest BCUT2D eigenvalue weighted by atomic mass is 9.74. The first-order chi connectivity index (χ1) is 16.1. The Balaban J connectivity index is 1.44. The van der Waals surface area contributed by atoms with E-state index in [0.29, 0.717) is 37.3 Å². The molecule has 0 bridgehead atoms. The van der Waals surface area contributed by atoms with Crippen molar-refractivity contribution in [2.45, 2.75) is 68.9 Å². The quantitative estimate of drug-likeness (QED) is 0.471. The van der Waals surface area contributed by atoms with Crippen LogP contribution in [-0.4, -0.2) is 35.2 Å². The average Bonchev–Trinajstić information content (AvgIpc) is 2.83. The van der Waals surface area contributed by atoms with Crippen molar-refractivity contribution in [1.29, 1.82) is 0 Å². The van der Waals surface area contributed by atoms with Crippen molar-refractivity contribution in [3.05, 3.63) is 65.7 Å². The molecule has 2 aromatic rings. The molecule has 1 fully saturated rings. The van der Waals surface area contributed by atoms with Crippen molar-refractivity contribution in [1.82, 2.24) is 9.44 Å². The zero-order chi connectivity index (χ0) is 24.8. The minimum Gasteiger partial charge on any atom is -0.215 e. The van der Waals surface area contributed by atoms with Gasteiger partial charge in [-0.25, -0.2) is 26.3 Å². The zero-order valence-corrected chi connectivity index (χ0v) is 22.0. The van der Waals surface area contributed by atoms with E-state index in [1.165, 1.54) is 5.56 Å². The smallest absolute Gasteiger partial charge is 0.215 e. The Morgan fingerprint density at radius 2 is 1.44 bits per heavy atom. The Labute approximate surface area is 205 Å². The molecule has 0 amide bonds. The molecular formula is C26H38N2O4S2. The van der Waals surface area contributed by atoms with Crippen molar-refractivity contribution in [2.75, 3.05) is 13.1 Å². The largest absolute Gasteiger partial charge is 0.240 e. The van der Waals surface area contributed by atoms with Crippen LogP contribution in [0.25, 0.3) is 0 Å². The second-order valence-electron chi connectivity index (χ2n) is 9.73. The minimum atomic E-state index is -3.47. The van der Waals surface area contributed by atoms with Crippen molar-refractivity contribution >= 4 is 20.0 Å². The summed E-state index contributed by atoms with van der Waals surface area (Å²) in [7, 11) is -6.68. The third-order valence-corrected chi connectivity index (χ3v) is 10.3. The van der Waals surface area contributed by atoms with E-state index in [1.807, 2.05) is 0 Å². The highest BCUT2D eigenvalue weighted by Crippen LogP contribution is 2.38. The van der Waals surface area contributed by atoms with Gasteiger partial charge in [0.25, 0.3) is 0 Å². The molecule has 3 rings (SSSR count). The van der Waals surface area contributed by atoms with Gasteiger partial charge in [0.05, 0.1) is 10.1 Å². The lowest BCUT2D eigenvalue weighted by molar-refractivity contribution is 0.246. The topological polar surface area (TPSA) is 92.3 Å². The predicted molar refractivity (Wildman–Crippen MR) is 138 cm³/mol. The normalized spacial score (nSPS) is 20.4. The summed E-state index contributed by atoms with van der Waals surface area (Å²) < 4.78 is 54.1. The van der Waals surface area contributed by atoms with Gasteiger partial charge in [0, 0.05) is 13.1 Å². The van der Waals surface area contributed by atoms with E-state index in [4.69, 9.17) is 0 Å². The van der Waals surface area contributed by atoms with Gasteiger partial charge >= 0.3 is 0 Å². The monoisotopic (exact) mass is 506 g/mol. The van der Waals surface area contributed by atoms with E-state index in [2.05, 4.69) is 40.6 Å². The number of hydrogen-bond donors (Lipinski definition) is 2. The fraction of sp³-hybridized carbons (Fsp3) is 0.538. The standard InChI is InChI=1S/C26H38N2O4S2/c1-20(2)33(29,30)28-19-21(3)23-13-15-25(16-14-23)24-11-9-22(10-12-24)17-18-27-34(31,32)26-7-5-4-6-8-26/h4-12,20-21,23,25,27-28H,13-19H2,1-3H3. The molecule has 1 aliphatic rings. The molecule has 0 aromatic heterocycles. The second-order valence-corrected chi connectivity index (χ2v) is 13.8. The Morgan fingerprint density at radius 1 is 0.824 bits per heavy atom. The van der Waals surface area contributed by atoms with Crippen LogP contribution in [0.4, 0.5) is 0 Å². The van der Waals surface area contributed by atoms with Crippen molar-refractivity contribution in [3.8, 4) is 0 Å². The van der Waals surface area contributed by atoms with Gasteiger partial charge in [-0.2, -0.15) is 0 Å². The van der Waals surface area contributed by atoms with Gasteiger partial charge in [-0.3, -0.25) is 0 Å². The predicted octanol–water partition coefficient (Wildman–Crippen LogP) is 4.45. The first-order valence-electron chi connectivity index (χ1n) is 12.2. The third-order valence-electron chi connectivity index (χ3n) is 7.01. The molecule has 8 heteroatoms. The van der Waals surface area contributed by atoms with Crippen molar-refractivity contribution in [3.63, 3.8) is 0 Å². The molecule has 0 saturated heterocycles.